The molecule has 0 unspecified atom stereocenters. The maximum atomic E-state index is 12.5. The van der Waals surface area contributed by atoms with E-state index in [-0.39, 0.29) is 36.7 Å². The zero-order valence-corrected chi connectivity index (χ0v) is 14.9. The van der Waals surface area contributed by atoms with Gasteiger partial charge in [-0.15, -0.1) is 13.2 Å². The Balaban J connectivity index is 1.67. The molecule has 1 aromatic heterocycles. The molecule has 0 atom stereocenters. The lowest BCUT2D eigenvalue weighted by Gasteiger charge is -2.20. The number of amides is 1. The first-order valence-electron chi connectivity index (χ1n) is 8.40. The van der Waals surface area contributed by atoms with Crippen LogP contribution in [0, 0.1) is 0 Å². The summed E-state index contributed by atoms with van der Waals surface area (Å²) in [5.41, 5.74) is 1.22. The van der Waals surface area contributed by atoms with Gasteiger partial charge in [-0.05, 0) is 18.2 Å². The minimum absolute atomic E-state index is 0.0117. The molecule has 0 aliphatic rings. The maximum Gasteiger partial charge on any atom is 0.573 e. The molecule has 3 rings (SSSR count). The molecular weight excluding hydrogens is 377 g/mol. The zero-order chi connectivity index (χ0) is 20.3. The van der Waals surface area contributed by atoms with E-state index in [2.05, 4.69) is 4.74 Å². The van der Waals surface area contributed by atoms with Gasteiger partial charge >= 0.3 is 12.1 Å². The first-order valence-corrected chi connectivity index (χ1v) is 8.40. The number of nitrogens with zero attached hydrogens (tertiary/aromatic N) is 2. The van der Waals surface area contributed by atoms with Gasteiger partial charge in [0, 0.05) is 32.1 Å². The topological polar surface area (TPSA) is 64.7 Å². The van der Waals surface area contributed by atoms with Gasteiger partial charge in [0.1, 0.15) is 5.75 Å². The number of oxazole rings is 1. The summed E-state index contributed by atoms with van der Waals surface area (Å²) in [7, 11) is 1.48. The van der Waals surface area contributed by atoms with E-state index >= 15 is 0 Å². The van der Waals surface area contributed by atoms with Gasteiger partial charge in [-0.2, -0.15) is 0 Å². The Morgan fingerprint density at radius 1 is 1.14 bits per heavy atom. The third kappa shape index (κ3) is 4.54. The van der Waals surface area contributed by atoms with Gasteiger partial charge in [-0.3, -0.25) is 9.36 Å². The molecule has 28 heavy (non-hydrogen) atoms. The quantitative estimate of drug-likeness (QED) is 0.642. The maximum absolute atomic E-state index is 12.5. The normalized spacial score (nSPS) is 11.6. The van der Waals surface area contributed by atoms with E-state index in [1.807, 2.05) is 0 Å². The minimum Gasteiger partial charge on any atom is -0.408 e. The number of hydrogen-bond acceptors (Lipinski definition) is 4. The molecule has 2 aromatic carbocycles. The van der Waals surface area contributed by atoms with Gasteiger partial charge in [0.25, 0.3) is 0 Å². The Hall–Kier alpha value is -3.23. The fourth-order valence-corrected chi connectivity index (χ4v) is 2.83. The SMILES string of the molecule is CN(Cc1ccccc1OC(F)(F)F)C(=O)CCn1c(=O)oc2ccccc21. The lowest BCUT2D eigenvalue weighted by atomic mass is 10.2. The van der Waals surface area contributed by atoms with E-state index < -0.39 is 12.1 Å². The van der Waals surface area contributed by atoms with Crippen LogP contribution in [0.15, 0.2) is 57.7 Å². The number of fused-ring (bicyclic) bond motifs is 1. The molecule has 0 aliphatic heterocycles. The van der Waals surface area contributed by atoms with Crippen LogP contribution < -0.4 is 10.5 Å². The second-order valence-electron chi connectivity index (χ2n) is 6.14. The number of ether oxygens (including phenoxy) is 1. The third-order valence-electron chi connectivity index (χ3n) is 4.15. The second kappa shape index (κ2) is 7.79. The number of aryl methyl sites for hydroxylation is 1. The van der Waals surface area contributed by atoms with E-state index in [1.165, 1.54) is 34.7 Å². The molecule has 1 amide bonds. The smallest absolute Gasteiger partial charge is 0.408 e. The summed E-state index contributed by atoms with van der Waals surface area (Å²) in [6.45, 7) is 0.0336. The fraction of sp³-hybridized carbons (Fsp3) is 0.263. The Kier molecular flexibility index (Phi) is 5.43. The summed E-state index contributed by atoms with van der Waals surface area (Å²) in [6, 6.07) is 12.5. The van der Waals surface area contributed by atoms with Crippen molar-refractivity contribution >= 4 is 17.0 Å². The van der Waals surface area contributed by atoms with Crippen LogP contribution in [0.1, 0.15) is 12.0 Å². The summed E-state index contributed by atoms with van der Waals surface area (Å²) >= 11 is 0. The van der Waals surface area contributed by atoms with Crippen LogP contribution in [0.25, 0.3) is 11.1 Å². The average Bonchev–Trinajstić information content (AvgIpc) is 2.95. The fourth-order valence-electron chi connectivity index (χ4n) is 2.83. The van der Waals surface area contributed by atoms with Crippen LogP contribution in [0.4, 0.5) is 13.2 Å². The number of alkyl halides is 3. The Morgan fingerprint density at radius 3 is 2.57 bits per heavy atom. The number of para-hydroxylation sites is 3. The first-order chi connectivity index (χ1) is 13.2. The molecule has 0 radical (unpaired) electrons. The highest BCUT2D eigenvalue weighted by molar-refractivity contribution is 5.76. The second-order valence-corrected chi connectivity index (χ2v) is 6.14. The molecule has 6 nitrogen and oxygen atoms in total. The van der Waals surface area contributed by atoms with Crippen LogP contribution in [0.3, 0.4) is 0 Å². The Bertz CT molecular complexity index is 1040. The molecule has 0 spiro atoms. The lowest BCUT2D eigenvalue weighted by molar-refractivity contribution is -0.275. The molecule has 0 fully saturated rings. The van der Waals surface area contributed by atoms with Crippen LogP contribution >= 0.6 is 0 Å². The number of halogens is 3. The summed E-state index contributed by atoms with van der Waals surface area (Å²) in [5, 5.41) is 0. The van der Waals surface area contributed by atoms with Gasteiger partial charge in [-0.1, -0.05) is 30.3 Å². The predicted molar refractivity (Wildman–Crippen MR) is 94.7 cm³/mol. The van der Waals surface area contributed by atoms with Gasteiger partial charge < -0.3 is 14.1 Å². The molecular formula is C19H17F3N2O4. The molecule has 0 N–H and O–H groups in total. The highest BCUT2D eigenvalue weighted by Gasteiger charge is 2.32. The lowest BCUT2D eigenvalue weighted by Crippen LogP contribution is -2.29. The first kappa shape index (κ1) is 19.5. The number of carbonyl (C=O) groups is 1. The zero-order valence-electron chi connectivity index (χ0n) is 14.9. The van der Waals surface area contributed by atoms with Crippen molar-refractivity contribution in [3.63, 3.8) is 0 Å². The molecule has 0 bridgehead atoms. The van der Waals surface area contributed by atoms with Crippen molar-refractivity contribution < 1.29 is 27.1 Å². The molecule has 148 valence electrons. The highest BCUT2D eigenvalue weighted by Crippen LogP contribution is 2.27. The largest absolute Gasteiger partial charge is 0.573 e. The Labute approximate surface area is 157 Å². The molecule has 3 aromatic rings. The van der Waals surface area contributed by atoms with Crippen molar-refractivity contribution in [2.75, 3.05) is 7.05 Å². The third-order valence-corrected chi connectivity index (χ3v) is 4.15. The van der Waals surface area contributed by atoms with Crippen molar-refractivity contribution in [3.8, 4) is 5.75 Å². The van der Waals surface area contributed by atoms with Crippen molar-refractivity contribution in [2.24, 2.45) is 0 Å². The van der Waals surface area contributed by atoms with Crippen molar-refractivity contribution in [3.05, 3.63) is 64.6 Å². The van der Waals surface area contributed by atoms with E-state index in [0.29, 0.717) is 11.1 Å². The number of aromatic nitrogens is 1. The average molecular weight is 394 g/mol. The van der Waals surface area contributed by atoms with E-state index in [4.69, 9.17) is 4.42 Å². The minimum atomic E-state index is -4.82. The molecule has 9 heteroatoms. The molecule has 0 aliphatic carbocycles. The summed E-state index contributed by atoms with van der Waals surface area (Å²) in [5.74, 6) is -1.26. The van der Waals surface area contributed by atoms with Crippen LogP contribution in [-0.2, 0) is 17.9 Å². The van der Waals surface area contributed by atoms with Crippen molar-refractivity contribution in [1.82, 2.24) is 9.47 Å². The summed E-state index contributed by atoms with van der Waals surface area (Å²) < 4.78 is 48.0. The Morgan fingerprint density at radius 2 is 1.82 bits per heavy atom. The molecule has 1 heterocycles. The number of carbonyl (C=O) groups excluding carboxylic acids is 1. The van der Waals surface area contributed by atoms with Gasteiger partial charge in [0.05, 0.1) is 5.52 Å². The monoisotopic (exact) mass is 394 g/mol. The molecule has 0 saturated heterocycles. The van der Waals surface area contributed by atoms with Crippen LogP contribution in [-0.4, -0.2) is 28.8 Å². The van der Waals surface area contributed by atoms with Gasteiger partial charge in [0.15, 0.2) is 5.58 Å². The van der Waals surface area contributed by atoms with Crippen LogP contribution in [0.2, 0.25) is 0 Å². The highest BCUT2D eigenvalue weighted by atomic mass is 19.4. The predicted octanol–water partition coefficient (Wildman–Crippen LogP) is 3.54. The van der Waals surface area contributed by atoms with Crippen LogP contribution in [0.5, 0.6) is 5.75 Å². The van der Waals surface area contributed by atoms with Crippen molar-refractivity contribution in [1.29, 1.82) is 0 Å². The van der Waals surface area contributed by atoms with E-state index in [9.17, 15) is 22.8 Å². The van der Waals surface area contributed by atoms with Gasteiger partial charge in [-0.25, -0.2) is 4.79 Å². The summed E-state index contributed by atoms with van der Waals surface area (Å²) in [6.07, 6.45) is -4.83. The standard InChI is InChI=1S/C19H17F3N2O4/c1-23(12-13-6-2-4-8-15(13)28-19(20,21)22)17(25)10-11-24-14-7-3-5-9-16(14)27-18(24)26/h2-9H,10-12H2,1H3. The van der Waals surface area contributed by atoms with E-state index in [1.54, 1.807) is 30.3 Å². The number of hydrogen-bond donors (Lipinski definition) is 0. The number of rotatable bonds is 6. The number of benzene rings is 2. The molecule has 0 saturated carbocycles. The summed E-state index contributed by atoms with van der Waals surface area (Å²) in [4.78, 5) is 25.6. The van der Waals surface area contributed by atoms with E-state index in [0.717, 1.165) is 0 Å². The van der Waals surface area contributed by atoms with Gasteiger partial charge in [0.2, 0.25) is 5.91 Å². The van der Waals surface area contributed by atoms with Crippen molar-refractivity contribution in [2.45, 2.75) is 25.9 Å².